The number of carboxylic acids is 1. The lowest BCUT2D eigenvalue weighted by Crippen LogP contribution is -2.47. The minimum Gasteiger partial charge on any atom is -0.480 e. The first-order chi connectivity index (χ1) is 16.5. The largest absolute Gasteiger partial charge is 0.480 e. The molecule has 1 aliphatic rings. The molecule has 1 aliphatic carbocycles. The number of amides is 2. The van der Waals surface area contributed by atoms with Crippen molar-refractivity contribution in [2.75, 3.05) is 6.61 Å². The average Bonchev–Trinajstić information content (AvgIpc) is 3.47. The van der Waals surface area contributed by atoms with E-state index in [9.17, 15) is 19.5 Å². The van der Waals surface area contributed by atoms with Crippen molar-refractivity contribution in [3.63, 3.8) is 0 Å². The molecule has 8 heteroatoms. The lowest BCUT2D eigenvalue weighted by atomic mass is 9.98. The molecule has 0 aliphatic heterocycles. The molecule has 7 nitrogen and oxygen atoms in total. The fourth-order valence-electron chi connectivity index (χ4n) is 4.05. The molecule has 2 amide bonds. The van der Waals surface area contributed by atoms with Gasteiger partial charge in [-0.15, -0.1) is 23.7 Å². The molecule has 172 valence electrons. The molecule has 34 heavy (non-hydrogen) atoms. The SMILES string of the molecule is C#CCC(NC(=O)C(NC(=O)OCC1c2ccccc2-c2ccccc21)c1cccs1)C(=O)O. The maximum atomic E-state index is 12.8. The zero-order valence-corrected chi connectivity index (χ0v) is 18.9. The number of carbonyl (C=O) groups excluding carboxylic acids is 2. The van der Waals surface area contributed by atoms with Gasteiger partial charge in [-0.3, -0.25) is 4.79 Å². The quantitative estimate of drug-likeness (QED) is 0.429. The Morgan fingerprint density at radius 2 is 1.65 bits per heavy atom. The van der Waals surface area contributed by atoms with Gasteiger partial charge >= 0.3 is 12.1 Å². The van der Waals surface area contributed by atoms with E-state index in [-0.39, 0.29) is 18.9 Å². The van der Waals surface area contributed by atoms with Gasteiger partial charge in [-0.1, -0.05) is 54.6 Å². The smallest absolute Gasteiger partial charge is 0.408 e. The van der Waals surface area contributed by atoms with Crippen molar-refractivity contribution >= 4 is 29.3 Å². The highest BCUT2D eigenvalue weighted by molar-refractivity contribution is 7.10. The number of terminal acetylenes is 1. The van der Waals surface area contributed by atoms with Crippen LogP contribution in [0.15, 0.2) is 66.0 Å². The van der Waals surface area contributed by atoms with Crippen LogP contribution in [0, 0.1) is 12.3 Å². The molecule has 0 spiro atoms. The van der Waals surface area contributed by atoms with E-state index < -0.39 is 30.1 Å². The summed E-state index contributed by atoms with van der Waals surface area (Å²) >= 11 is 1.26. The number of aliphatic carboxylic acids is 1. The second-order valence-corrected chi connectivity index (χ2v) is 8.71. The van der Waals surface area contributed by atoms with Crippen molar-refractivity contribution in [2.45, 2.75) is 24.4 Å². The van der Waals surface area contributed by atoms with Crippen LogP contribution in [0.25, 0.3) is 11.1 Å². The summed E-state index contributed by atoms with van der Waals surface area (Å²) in [6.07, 6.45) is 4.25. The van der Waals surface area contributed by atoms with E-state index in [1.54, 1.807) is 17.5 Å². The third-order valence-corrected chi connectivity index (χ3v) is 6.57. The molecule has 0 fully saturated rings. The summed E-state index contributed by atoms with van der Waals surface area (Å²) in [5, 5.41) is 16.0. The highest BCUT2D eigenvalue weighted by Crippen LogP contribution is 2.44. The van der Waals surface area contributed by atoms with Crippen LogP contribution < -0.4 is 10.6 Å². The molecule has 0 bridgehead atoms. The van der Waals surface area contributed by atoms with Crippen LogP contribution in [-0.4, -0.2) is 35.7 Å². The van der Waals surface area contributed by atoms with E-state index in [1.165, 1.54) is 11.3 Å². The standard InChI is InChI=1S/C26H22N2O5S/c1-2-8-21(25(30)31)27-24(29)23(22-13-7-14-34-22)28-26(32)33-15-20-18-11-5-3-9-16(18)17-10-4-6-12-19(17)20/h1,3-7,9-14,20-21,23H,8,15H2,(H,27,29)(H,28,32)(H,30,31). The number of benzene rings is 2. The Kier molecular flexibility index (Phi) is 6.95. The number of fused-ring (bicyclic) bond motifs is 3. The highest BCUT2D eigenvalue weighted by Gasteiger charge is 2.31. The molecular formula is C26H22N2O5S. The predicted molar refractivity (Wildman–Crippen MR) is 128 cm³/mol. The first kappa shape index (κ1) is 23.1. The fraction of sp³-hybridized carbons (Fsp3) is 0.192. The Hall–Kier alpha value is -4.09. The molecule has 3 N–H and O–H groups in total. The molecule has 0 radical (unpaired) electrons. The van der Waals surface area contributed by atoms with Crippen molar-refractivity contribution in [3.8, 4) is 23.5 Å². The van der Waals surface area contributed by atoms with Crippen LogP contribution in [0.1, 0.15) is 34.4 Å². The summed E-state index contributed by atoms with van der Waals surface area (Å²) in [6.45, 7) is 0.0908. The lowest BCUT2D eigenvalue weighted by Gasteiger charge is -2.20. The Labute approximate surface area is 200 Å². The average molecular weight is 475 g/mol. The number of nitrogens with one attached hydrogen (secondary N) is 2. The Morgan fingerprint density at radius 3 is 2.21 bits per heavy atom. The maximum absolute atomic E-state index is 12.8. The molecule has 3 aromatic rings. The van der Waals surface area contributed by atoms with Crippen molar-refractivity contribution < 1.29 is 24.2 Å². The van der Waals surface area contributed by atoms with E-state index >= 15 is 0 Å². The summed E-state index contributed by atoms with van der Waals surface area (Å²) in [4.78, 5) is 37.5. The van der Waals surface area contributed by atoms with E-state index in [1.807, 2.05) is 48.5 Å². The maximum Gasteiger partial charge on any atom is 0.408 e. The van der Waals surface area contributed by atoms with Crippen LogP contribution in [0.4, 0.5) is 4.79 Å². The molecule has 4 rings (SSSR count). The van der Waals surface area contributed by atoms with Gasteiger partial charge in [0.2, 0.25) is 5.91 Å². The summed E-state index contributed by atoms with van der Waals surface area (Å²) in [6, 6.07) is 17.0. The highest BCUT2D eigenvalue weighted by atomic mass is 32.1. The van der Waals surface area contributed by atoms with Gasteiger partial charge in [0.1, 0.15) is 18.7 Å². The summed E-state index contributed by atoms with van der Waals surface area (Å²) in [5.74, 6) is 0.172. The number of carboxylic acid groups (broad SMARTS) is 1. The van der Waals surface area contributed by atoms with Gasteiger partial charge in [-0.2, -0.15) is 0 Å². The molecular weight excluding hydrogens is 452 g/mol. The van der Waals surface area contributed by atoms with Crippen molar-refractivity contribution in [3.05, 3.63) is 82.0 Å². The van der Waals surface area contributed by atoms with Gasteiger partial charge in [0, 0.05) is 17.2 Å². The third kappa shape index (κ3) is 4.80. The topological polar surface area (TPSA) is 105 Å². The first-order valence-corrected chi connectivity index (χ1v) is 11.5. The Bertz CT molecular complexity index is 1200. The minimum absolute atomic E-state index is 0.0908. The monoisotopic (exact) mass is 474 g/mol. The van der Waals surface area contributed by atoms with Crippen molar-refractivity contribution in [1.29, 1.82) is 0 Å². The molecule has 2 atom stereocenters. The molecule has 2 aromatic carbocycles. The van der Waals surface area contributed by atoms with Crippen molar-refractivity contribution in [2.24, 2.45) is 0 Å². The van der Waals surface area contributed by atoms with E-state index in [4.69, 9.17) is 11.2 Å². The van der Waals surface area contributed by atoms with E-state index in [0.717, 1.165) is 22.3 Å². The van der Waals surface area contributed by atoms with Gasteiger partial charge in [0.05, 0.1) is 0 Å². The number of hydrogen-bond donors (Lipinski definition) is 3. The third-order valence-electron chi connectivity index (χ3n) is 5.63. The van der Waals surface area contributed by atoms with Crippen LogP contribution >= 0.6 is 11.3 Å². The van der Waals surface area contributed by atoms with Crippen molar-refractivity contribution in [1.82, 2.24) is 10.6 Å². The van der Waals surface area contributed by atoms with E-state index in [0.29, 0.717) is 4.88 Å². The van der Waals surface area contributed by atoms with Gasteiger partial charge in [-0.05, 0) is 33.7 Å². The minimum atomic E-state index is -1.26. The molecule has 0 saturated heterocycles. The normalized spacial score (nSPS) is 13.6. The van der Waals surface area contributed by atoms with Crippen LogP contribution in [-0.2, 0) is 14.3 Å². The fourth-order valence-corrected chi connectivity index (χ4v) is 4.83. The van der Waals surface area contributed by atoms with Gasteiger partial charge in [0.15, 0.2) is 0 Å². The summed E-state index contributed by atoms with van der Waals surface area (Å²) in [5.41, 5.74) is 4.36. The number of alkyl carbamates (subject to hydrolysis) is 1. The first-order valence-electron chi connectivity index (χ1n) is 10.6. The van der Waals surface area contributed by atoms with Crippen LogP contribution in [0.2, 0.25) is 0 Å². The van der Waals surface area contributed by atoms with Gasteiger partial charge < -0.3 is 20.5 Å². The molecule has 1 heterocycles. The Balaban J connectivity index is 1.46. The zero-order chi connectivity index (χ0) is 24.1. The van der Waals surface area contributed by atoms with Gasteiger partial charge in [0.25, 0.3) is 0 Å². The lowest BCUT2D eigenvalue weighted by molar-refractivity contribution is -0.141. The molecule has 2 unspecified atom stereocenters. The van der Waals surface area contributed by atoms with E-state index in [2.05, 4.69) is 16.6 Å². The number of ether oxygens (including phenoxy) is 1. The summed E-state index contributed by atoms with van der Waals surface area (Å²) in [7, 11) is 0. The second-order valence-electron chi connectivity index (χ2n) is 7.73. The molecule has 0 saturated carbocycles. The van der Waals surface area contributed by atoms with Crippen LogP contribution in [0.3, 0.4) is 0 Å². The van der Waals surface area contributed by atoms with Crippen LogP contribution in [0.5, 0.6) is 0 Å². The second kappa shape index (κ2) is 10.2. The molecule has 1 aromatic heterocycles. The predicted octanol–water partition coefficient (Wildman–Crippen LogP) is 3.92. The summed E-state index contributed by atoms with van der Waals surface area (Å²) < 4.78 is 5.54. The number of hydrogen-bond acceptors (Lipinski definition) is 5. The Morgan fingerprint density at radius 1 is 1.00 bits per heavy atom. The zero-order valence-electron chi connectivity index (χ0n) is 18.1. The number of rotatable bonds is 8. The number of carbonyl (C=O) groups is 3. The number of thiophene rings is 1. The van der Waals surface area contributed by atoms with Gasteiger partial charge in [-0.25, -0.2) is 9.59 Å².